The number of anilines is 1. The van der Waals surface area contributed by atoms with Crippen LogP contribution in [0.5, 0.6) is 0 Å². The molecule has 2 unspecified atom stereocenters. The largest absolute Gasteiger partial charge is 0.462 e. The fraction of sp³-hybridized carbons (Fsp3) is 0.360. The normalized spacial score (nSPS) is 22.3. The maximum Gasteiger partial charge on any atom is 0.340 e. The summed E-state index contributed by atoms with van der Waals surface area (Å²) in [4.78, 5) is 36.2. The van der Waals surface area contributed by atoms with Gasteiger partial charge in [0.1, 0.15) is 0 Å². The first-order valence-corrected chi connectivity index (χ1v) is 11.7. The fourth-order valence-electron chi connectivity index (χ4n) is 5.59. The molecule has 2 aliphatic rings. The van der Waals surface area contributed by atoms with Crippen LogP contribution < -0.4 is 5.32 Å². The minimum atomic E-state index is -0.887. The molecule has 0 aliphatic heterocycles. The zero-order valence-corrected chi connectivity index (χ0v) is 20.0. The van der Waals surface area contributed by atoms with Crippen LogP contribution in [0.4, 0.5) is 5.69 Å². The van der Waals surface area contributed by atoms with E-state index < -0.39 is 16.8 Å². The number of nitrogens with one attached hydrogen (secondary N) is 1. The van der Waals surface area contributed by atoms with Crippen LogP contribution in [-0.2, 0) is 14.9 Å². The lowest BCUT2D eigenvalue weighted by Gasteiger charge is -2.36. The fourth-order valence-corrected chi connectivity index (χ4v) is 5.90. The van der Waals surface area contributed by atoms with E-state index in [0.717, 1.165) is 12.1 Å². The Labute approximate surface area is 201 Å². The van der Waals surface area contributed by atoms with Gasteiger partial charge in [-0.1, -0.05) is 49.2 Å². The van der Waals surface area contributed by atoms with E-state index in [1.54, 1.807) is 43.3 Å². The van der Waals surface area contributed by atoms with Crippen molar-refractivity contribution < 1.29 is 14.3 Å². The van der Waals surface area contributed by atoms with E-state index in [9.17, 15) is 9.59 Å². The van der Waals surface area contributed by atoms with Crippen molar-refractivity contribution in [1.29, 1.82) is 0 Å². The molecule has 1 fully saturated rings. The van der Waals surface area contributed by atoms with Gasteiger partial charge in [0.25, 0.3) is 0 Å². The second-order valence-electron chi connectivity index (χ2n) is 9.15. The van der Waals surface area contributed by atoms with Gasteiger partial charge in [0, 0.05) is 5.92 Å². The first-order chi connectivity index (χ1) is 15.7. The minimum absolute atomic E-state index is 0.0879. The number of carbonyl (C=O) groups excluding carboxylic acids is 2. The molecule has 2 aromatic carbocycles. The Morgan fingerprint density at radius 1 is 1.12 bits per heavy atom. The summed E-state index contributed by atoms with van der Waals surface area (Å²) < 4.78 is 5.17. The molecule has 1 amide bonds. The lowest BCUT2D eigenvalue weighted by molar-refractivity contribution is -0.124. The van der Waals surface area contributed by atoms with E-state index in [1.165, 1.54) is 0 Å². The molecule has 170 valence electrons. The zero-order valence-electron chi connectivity index (χ0n) is 18.5. The molecule has 0 radical (unpaired) electrons. The highest BCUT2D eigenvalue weighted by Gasteiger charge is 2.67. The van der Waals surface area contributed by atoms with Gasteiger partial charge in [0.2, 0.25) is 5.91 Å². The monoisotopic (exact) mass is 483 g/mol. The number of nitrogens with zero attached hydrogens (tertiary/aromatic N) is 2. The smallest absolute Gasteiger partial charge is 0.340 e. The van der Waals surface area contributed by atoms with Gasteiger partial charge in [0.05, 0.1) is 55.7 Å². The standard InChI is InChI=1S/C25H23Cl2N3O3/c1-4-33-22(31)13-7-5-6-8-17(13)30-23(32)25-10-9-14(24(25,2)3)20-21(25)29-19-12-16(27)15(26)11-18(19)28-20/h5-8,11-12,14H,4,9-10H2,1-3H3,(H,30,32). The Morgan fingerprint density at radius 3 is 2.48 bits per heavy atom. The second-order valence-corrected chi connectivity index (χ2v) is 9.97. The molecule has 0 saturated heterocycles. The molecule has 1 aromatic heterocycles. The van der Waals surface area contributed by atoms with Crippen molar-refractivity contribution in [2.45, 2.75) is 44.9 Å². The molecule has 3 aromatic rings. The summed E-state index contributed by atoms with van der Waals surface area (Å²) in [7, 11) is 0. The van der Waals surface area contributed by atoms with Crippen molar-refractivity contribution in [3.05, 3.63) is 63.4 Å². The van der Waals surface area contributed by atoms with Crippen LogP contribution in [0.2, 0.25) is 10.0 Å². The average Bonchev–Trinajstić information content (AvgIpc) is 3.15. The molecule has 1 saturated carbocycles. The van der Waals surface area contributed by atoms with Crippen molar-refractivity contribution in [2.75, 3.05) is 11.9 Å². The van der Waals surface area contributed by atoms with E-state index in [2.05, 4.69) is 19.2 Å². The Bertz CT molecular complexity index is 1320. The molecule has 1 heterocycles. The van der Waals surface area contributed by atoms with Crippen LogP contribution in [0.25, 0.3) is 11.0 Å². The predicted octanol–water partition coefficient (Wildman–Crippen LogP) is 5.91. The summed E-state index contributed by atoms with van der Waals surface area (Å²) in [5, 5.41) is 3.83. The van der Waals surface area contributed by atoms with E-state index >= 15 is 0 Å². The Morgan fingerprint density at radius 2 is 1.79 bits per heavy atom. The Hall–Kier alpha value is -2.70. The third kappa shape index (κ3) is 3.07. The number of para-hydroxylation sites is 1. The number of fused-ring (bicyclic) bond motifs is 6. The molecular formula is C25H23Cl2N3O3. The van der Waals surface area contributed by atoms with Crippen LogP contribution in [0.3, 0.4) is 0 Å². The van der Waals surface area contributed by atoms with Crippen molar-refractivity contribution in [3.63, 3.8) is 0 Å². The molecule has 6 nitrogen and oxygen atoms in total. The van der Waals surface area contributed by atoms with Gasteiger partial charge in [-0.3, -0.25) is 4.79 Å². The van der Waals surface area contributed by atoms with Gasteiger partial charge in [-0.2, -0.15) is 0 Å². The van der Waals surface area contributed by atoms with Crippen LogP contribution in [0, 0.1) is 5.41 Å². The third-order valence-electron chi connectivity index (χ3n) is 7.30. The second kappa shape index (κ2) is 7.67. The topological polar surface area (TPSA) is 81.2 Å². The maximum absolute atomic E-state index is 14.0. The quantitative estimate of drug-likeness (QED) is 0.466. The van der Waals surface area contributed by atoms with Crippen molar-refractivity contribution in [3.8, 4) is 0 Å². The van der Waals surface area contributed by atoms with Crippen LogP contribution in [-0.4, -0.2) is 28.5 Å². The van der Waals surface area contributed by atoms with Crippen molar-refractivity contribution in [2.24, 2.45) is 5.41 Å². The Kier molecular flexibility index (Phi) is 5.14. The number of esters is 1. The lowest BCUT2D eigenvalue weighted by atomic mass is 9.67. The summed E-state index contributed by atoms with van der Waals surface area (Å²) in [5.41, 5.74) is 2.23. The number of aromatic nitrogens is 2. The minimum Gasteiger partial charge on any atom is -0.462 e. The van der Waals surface area contributed by atoms with Crippen LogP contribution in [0.15, 0.2) is 36.4 Å². The van der Waals surface area contributed by atoms with Gasteiger partial charge in [-0.15, -0.1) is 0 Å². The predicted molar refractivity (Wildman–Crippen MR) is 128 cm³/mol. The average molecular weight is 484 g/mol. The number of carbonyl (C=O) groups is 2. The van der Waals surface area contributed by atoms with E-state index in [-0.39, 0.29) is 18.4 Å². The number of rotatable bonds is 4. The first kappa shape index (κ1) is 22.1. The van der Waals surface area contributed by atoms with Crippen molar-refractivity contribution in [1.82, 2.24) is 9.97 Å². The first-order valence-electron chi connectivity index (χ1n) is 11.0. The summed E-state index contributed by atoms with van der Waals surface area (Å²) in [6.07, 6.45) is 1.47. The molecule has 2 aliphatic carbocycles. The van der Waals surface area contributed by atoms with E-state index in [4.69, 9.17) is 37.9 Å². The summed E-state index contributed by atoms with van der Waals surface area (Å²) >= 11 is 12.4. The maximum atomic E-state index is 14.0. The molecule has 5 rings (SSSR count). The number of ether oxygens (including phenoxy) is 1. The van der Waals surface area contributed by atoms with Gasteiger partial charge in [0.15, 0.2) is 0 Å². The van der Waals surface area contributed by atoms with Gasteiger partial charge >= 0.3 is 5.97 Å². The van der Waals surface area contributed by atoms with Gasteiger partial charge in [-0.25, -0.2) is 14.8 Å². The summed E-state index contributed by atoms with van der Waals surface area (Å²) in [5.74, 6) is -0.581. The van der Waals surface area contributed by atoms with Gasteiger partial charge in [-0.05, 0) is 49.4 Å². The highest BCUT2D eigenvalue weighted by Crippen LogP contribution is 2.67. The number of halogens is 2. The molecule has 8 heteroatoms. The molecule has 1 N–H and O–H groups in total. The summed E-state index contributed by atoms with van der Waals surface area (Å²) in [6.45, 7) is 6.18. The molecular weight excluding hydrogens is 461 g/mol. The van der Waals surface area contributed by atoms with Crippen molar-refractivity contribution >= 4 is 51.8 Å². The van der Waals surface area contributed by atoms with E-state index in [1.807, 2.05) is 0 Å². The number of benzene rings is 2. The highest BCUT2D eigenvalue weighted by molar-refractivity contribution is 6.42. The Balaban J connectivity index is 1.62. The highest BCUT2D eigenvalue weighted by atomic mass is 35.5. The molecule has 2 atom stereocenters. The third-order valence-corrected chi connectivity index (χ3v) is 8.03. The van der Waals surface area contributed by atoms with Crippen LogP contribution >= 0.6 is 23.2 Å². The summed E-state index contributed by atoms with van der Waals surface area (Å²) in [6, 6.07) is 10.3. The zero-order chi connectivity index (χ0) is 23.5. The molecule has 0 spiro atoms. The number of amides is 1. The molecule has 33 heavy (non-hydrogen) atoms. The number of hydrogen-bond donors (Lipinski definition) is 1. The lowest BCUT2D eigenvalue weighted by Crippen LogP contribution is -2.47. The SMILES string of the molecule is CCOC(=O)c1ccccc1NC(=O)C12CCC(c3nc4cc(Cl)c(Cl)cc4nc31)C2(C)C. The molecule has 2 bridgehead atoms. The van der Waals surface area contributed by atoms with E-state index in [0.29, 0.717) is 44.4 Å². The van der Waals surface area contributed by atoms with Crippen LogP contribution in [0.1, 0.15) is 61.3 Å². The van der Waals surface area contributed by atoms with Gasteiger partial charge < -0.3 is 10.1 Å². The number of hydrogen-bond acceptors (Lipinski definition) is 5.